The second kappa shape index (κ2) is 12.4. The summed E-state index contributed by atoms with van der Waals surface area (Å²) >= 11 is 0. The molecule has 202 valence electrons. The number of hydrogen-bond donors (Lipinski definition) is 1. The fourth-order valence-corrected chi connectivity index (χ4v) is 4.54. The van der Waals surface area contributed by atoms with E-state index in [4.69, 9.17) is 0 Å². The molecule has 0 fully saturated rings. The Hall–Kier alpha value is -3.40. The molecule has 0 bridgehead atoms. The molecule has 0 unspecified atom stereocenters. The van der Waals surface area contributed by atoms with Gasteiger partial charge in [-0.25, -0.2) is 0 Å². The Bertz CT molecular complexity index is 1200. The summed E-state index contributed by atoms with van der Waals surface area (Å²) in [5.74, 6) is -0.143. The number of carbonyl (C=O) groups is 2. The molecule has 0 aromatic heterocycles. The van der Waals surface area contributed by atoms with E-state index in [9.17, 15) is 9.59 Å². The van der Waals surface area contributed by atoms with Gasteiger partial charge in [0.25, 0.3) is 0 Å². The predicted molar refractivity (Wildman–Crippen MR) is 157 cm³/mol. The van der Waals surface area contributed by atoms with Gasteiger partial charge in [0.1, 0.15) is 6.04 Å². The molecule has 0 aliphatic rings. The molecule has 3 aromatic rings. The minimum absolute atomic E-state index is 0.0156. The molecule has 0 heterocycles. The third-order valence-corrected chi connectivity index (χ3v) is 6.82. The lowest BCUT2D eigenvalue weighted by Crippen LogP contribution is -2.54. The maximum atomic E-state index is 13.9. The maximum absolute atomic E-state index is 13.9. The molecule has 3 aromatic carbocycles. The van der Waals surface area contributed by atoms with Crippen LogP contribution in [-0.4, -0.2) is 28.3 Å². The van der Waals surface area contributed by atoms with E-state index in [0.29, 0.717) is 25.8 Å². The van der Waals surface area contributed by atoms with Crippen molar-refractivity contribution in [2.45, 2.75) is 91.3 Å². The van der Waals surface area contributed by atoms with Crippen molar-refractivity contribution < 1.29 is 9.59 Å². The van der Waals surface area contributed by atoms with Crippen LogP contribution >= 0.6 is 0 Å². The predicted octanol–water partition coefficient (Wildman–Crippen LogP) is 6.78. The summed E-state index contributed by atoms with van der Waals surface area (Å²) in [5.41, 5.74) is 5.27. The number of amides is 2. The average molecular weight is 513 g/mol. The lowest BCUT2D eigenvalue weighted by Gasteiger charge is -2.34. The molecule has 0 spiro atoms. The fourth-order valence-electron chi connectivity index (χ4n) is 4.54. The summed E-state index contributed by atoms with van der Waals surface area (Å²) in [4.78, 5) is 29.4. The highest BCUT2D eigenvalue weighted by molar-refractivity contribution is 5.88. The average Bonchev–Trinajstić information content (AvgIpc) is 2.85. The summed E-state index contributed by atoms with van der Waals surface area (Å²) in [6.07, 6.45) is 1.43. The zero-order chi connectivity index (χ0) is 27.9. The normalized spacial score (nSPS) is 12.6. The third-order valence-electron chi connectivity index (χ3n) is 6.82. The van der Waals surface area contributed by atoms with Gasteiger partial charge in [-0.3, -0.25) is 9.59 Å². The number of carbonyl (C=O) groups excluding carboxylic acids is 2. The maximum Gasteiger partial charge on any atom is 0.243 e. The van der Waals surface area contributed by atoms with Crippen LogP contribution in [0.5, 0.6) is 0 Å². The highest BCUT2D eigenvalue weighted by atomic mass is 16.2. The second-order valence-corrected chi connectivity index (χ2v) is 12.3. The molecule has 3 rings (SSSR count). The smallest absolute Gasteiger partial charge is 0.243 e. The van der Waals surface area contributed by atoms with Gasteiger partial charge in [-0.15, -0.1) is 0 Å². The molecule has 0 aliphatic heterocycles. The fraction of sp³-hybridized carbons (Fsp3) is 0.412. The van der Waals surface area contributed by atoms with E-state index < -0.39 is 11.6 Å². The van der Waals surface area contributed by atoms with Crippen molar-refractivity contribution in [3.63, 3.8) is 0 Å². The first-order valence-electron chi connectivity index (χ1n) is 13.6. The molecular formula is C34H44N2O2. The molecule has 1 N–H and O–H groups in total. The largest absolute Gasteiger partial charge is 0.350 e. The van der Waals surface area contributed by atoms with Crippen molar-refractivity contribution in [1.29, 1.82) is 0 Å². The van der Waals surface area contributed by atoms with Crippen LogP contribution in [-0.2, 0) is 34.4 Å². The first-order valence-corrected chi connectivity index (χ1v) is 13.6. The zero-order valence-electron chi connectivity index (χ0n) is 24.2. The van der Waals surface area contributed by atoms with Gasteiger partial charge in [-0.05, 0) is 67.3 Å². The van der Waals surface area contributed by atoms with Crippen molar-refractivity contribution in [1.82, 2.24) is 10.2 Å². The number of aryl methyl sites for hydroxylation is 2. The van der Waals surface area contributed by atoms with Gasteiger partial charge in [0.05, 0.1) is 0 Å². The summed E-state index contributed by atoms with van der Waals surface area (Å²) in [6.45, 7) is 15.0. The summed E-state index contributed by atoms with van der Waals surface area (Å²) in [7, 11) is 0. The van der Waals surface area contributed by atoms with Crippen molar-refractivity contribution in [3.8, 4) is 0 Å². The summed E-state index contributed by atoms with van der Waals surface area (Å²) in [5, 5.41) is 3.14. The zero-order valence-corrected chi connectivity index (χ0v) is 24.2. The number of rotatable bonds is 9. The van der Waals surface area contributed by atoms with Gasteiger partial charge in [-0.2, -0.15) is 0 Å². The van der Waals surface area contributed by atoms with Gasteiger partial charge in [-0.1, -0.05) is 99.6 Å². The summed E-state index contributed by atoms with van der Waals surface area (Å²) in [6, 6.07) is 26.0. The molecular weight excluding hydrogens is 468 g/mol. The molecule has 0 radical (unpaired) electrons. The lowest BCUT2D eigenvalue weighted by atomic mass is 9.86. The number of nitrogens with zero attached hydrogens (tertiary/aromatic N) is 1. The molecule has 4 nitrogen and oxygen atoms in total. The lowest BCUT2D eigenvalue weighted by molar-refractivity contribution is -0.141. The van der Waals surface area contributed by atoms with Crippen LogP contribution in [0.2, 0.25) is 0 Å². The Morgan fingerprint density at radius 3 is 1.97 bits per heavy atom. The van der Waals surface area contributed by atoms with Crippen LogP contribution in [0.4, 0.5) is 0 Å². The van der Waals surface area contributed by atoms with Gasteiger partial charge in [0, 0.05) is 24.9 Å². The Labute approximate surface area is 229 Å². The second-order valence-electron chi connectivity index (χ2n) is 12.3. The van der Waals surface area contributed by atoms with Gasteiger partial charge >= 0.3 is 0 Å². The van der Waals surface area contributed by atoms with E-state index in [0.717, 1.165) is 22.3 Å². The minimum atomic E-state index is -0.619. The number of nitrogens with one attached hydrogen (secondary N) is 1. The van der Waals surface area contributed by atoms with E-state index >= 15 is 0 Å². The SMILES string of the molecule is Cc1ccccc1CN(C(=O)CCc1ccc(C(C)(C)C)cc1)[C@H](Cc1ccccc1)C(=O)NC(C)(C)C. The number of hydrogen-bond acceptors (Lipinski definition) is 2. The van der Waals surface area contributed by atoms with Crippen LogP contribution < -0.4 is 5.32 Å². The molecule has 1 atom stereocenters. The number of benzene rings is 3. The Kier molecular flexibility index (Phi) is 9.54. The highest BCUT2D eigenvalue weighted by Crippen LogP contribution is 2.23. The Balaban J connectivity index is 1.91. The van der Waals surface area contributed by atoms with E-state index in [1.807, 2.05) is 69.3 Å². The van der Waals surface area contributed by atoms with E-state index in [1.165, 1.54) is 5.56 Å². The molecule has 38 heavy (non-hydrogen) atoms. The van der Waals surface area contributed by atoms with Gasteiger partial charge in [0.2, 0.25) is 11.8 Å². The molecule has 2 amide bonds. The standard InChI is InChI=1S/C34H44N2O2/c1-25-13-11-12-16-28(25)24-36(31(37)22-19-26-17-20-29(21-18-26)33(2,3)4)30(32(38)35-34(5,6)7)23-27-14-9-8-10-15-27/h8-18,20-21,30H,19,22-24H2,1-7H3,(H,35,38)/t30-/m1/s1. The van der Waals surface area contributed by atoms with E-state index in [2.05, 4.69) is 63.3 Å². The first kappa shape index (κ1) is 29.2. The van der Waals surface area contributed by atoms with E-state index in [-0.39, 0.29) is 17.2 Å². The van der Waals surface area contributed by atoms with Crippen molar-refractivity contribution in [3.05, 3.63) is 107 Å². The third kappa shape index (κ3) is 8.58. The molecule has 0 aliphatic carbocycles. The highest BCUT2D eigenvalue weighted by Gasteiger charge is 2.32. The molecule has 0 saturated heterocycles. The van der Waals surface area contributed by atoms with Crippen molar-refractivity contribution in [2.75, 3.05) is 0 Å². The Morgan fingerprint density at radius 2 is 1.39 bits per heavy atom. The monoisotopic (exact) mass is 512 g/mol. The van der Waals surface area contributed by atoms with Crippen molar-refractivity contribution in [2.24, 2.45) is 0 Å². The molecule has 0 saturated carbocycles. The van der Waals surface area contributed by atoms with Crippen LogP contribution in [0, 0.1) is 6.92 Å². The summed E-state index contributed by atoms with van der Waals surface area (Å²) < 4.78 is 0. The van der Waals surface area contributed by atoms with Crippen LogP contribution in [0.3, 0.4) is 0 Å². The quantitative estimate of drug-likeness (QED) is 0.344. The van der Waals surface area contributed by atoms with Gasteiger partial charge in [0.15, 0.2) is 0 Å². The van der Waals surface area contributed by atoms with Gasteiger partial charge < -0.3 is 10.2 Å². The minimum Gasteiger partial charge on any atom is -0.350 e. The first-order chi connectivity index (χ1) is 17.8. The molecule has 4 heteroatoms. The topological polar surface area (TPSA) is 49.4 Å². The van der Waals surface area contributed by atoms with Crippen LogP contribution in [0.25, 0.3) is 0 Å². The Morgan fingerprint density at radius 1 is 0.789 bits per heavy atom. The van der Waals surface area contributed by atoms with E-state index in [1.54, 1.807) is 4.90 Å². The van der Waals surface area contributed by atoms with Crippen LogP contribution in [0.15, 0.2) is 78.9 Å². The van der Waals surface area contributed by atoms with Crippen molar-refractivity contribution >= 4 is 11.8 Å². The van der Waals surface area contributed by atoms with Crippen LogP contribution in [0.1, 0.15) is 75.8 Å².